The van der Waals surface area contributed by atoms with Gasteiger partial charge in [0.25, 0.3) is 7.82 Å². The van der Waals surface area contributed by atoms with Crippen LogP contribution in [0, 0.1) is 0 Å². The van der Waals surface area contributed by atoms with Crippen LogP contribution in [0.3, 0.4) is 0 Å². The number of hydrogen-bond donors (Lipinski definition) is 0. The zero-order chi connectivity index (χ0) is 10.9. The summed E-state index contributed by atoms with van der Waals surface area (Å²) in [5, 5.41) is 0. The van der Waals surface area contributed by atoms with E-state index in [1.165, 1.54) is 0 Å². The van der Waals surface area contributed by atoms with Crippen molar-refractivity contribution in [1.82, 2.24) is 0 Å². The topological polar surface area (TPSA) is 185 Å². The Morgan fingerprint density at radius 3 is 0.882 bits per heavy atom. The SMILES string of the molecule is O=P([O-])([O-])OP(=O)([O-])OP(=O)([O-])[O-].[Ca+2].[Ca+2].[Ca+2].[Ca+2]. The summed E-state index contributed by atoms with van der Waals surface area (Å²) in [5.41, 5.74) is 0. The third-order valence-corrected chi connectivity index (χ3v) is 3.60. The molecule has 0 unspecified atom stereocenters. The quantitative estimate of drug-likeness (QED) is 0.318. The van der Waals surface area contributed by atoms with Gasteiger partial charge >= 0.3 is 151 Å². The van der Waals surface area contributed by atoms with E-state index in [9.17, 15) is 38.2 Å². The first kappa shape index (κ1) is 33.9. The average Bonchev–Trinajstić information content (AvgIpc) is 1.43. The molecule has 10 nitrogen and oxygen atoms in total. The fraction of sp³-hybridized carbons (Fsp3) is 0. The molecule has 0 spiro atoms. The predicted octanol–water partition coefficient (Wildman–Crippen LogP) is -5.38. The minimum absolute atomic E-state index is 0. The van der Waals surface area contributed by atoms with Gasteiger partial charge in [-0.25, -0.2) is 0 Å². The van der Waals surface area contributed by atoms with E-state index < -0.39 is 23.5 Å². The molecule has 0 saturated carbocycles. The Balaban J connectivity index is -0.000000120. The molecular weight excluding hydrogens is 413 g/mol. The molecule has 0 N–H and O–H groups in total. The molecule has 0 aliphatic heterocycles. The Bertz CT molecular complexity index is 286. The maximum atomic E-state index is 10.1. The van der Waals surface area contributed by atoms with Crippen molar-refractivity contribution >= 4 is 174 Å². The molecule has 17 heteroatoms. The molecule has 0 bridgehead atoms. The van der Waals surface area contributed by atoms with Crippen LogP contribution in [0.25, 0.3) is 0 Å². The van der Waals surface area contributed by atoms with Crippen LogP contribution >= 0.6 is 23.5 Å². The molecule has 0 radical (unpaired) electrons. The van der Waals surface area contributed by atoms with Gasteiger partial charge in [0.05, 0.1) is 15.6 Å². The van der Waals surface area contributed by atoms with E-state index in [1.807, 2.05) is 0 Å². The van der Waals surface area contributed by atoms with E-state index in [1.54, 1.807) is 0 Å². The molecule has 0 saturated heterocycles. The van der Waals surface area contributed by atoms with Crippen LogP contribution < -0.4 is 24.5 Å². The molecule has 0 aliphatic carbocycles. The Morgan fingerprint density at radius 2 is 0.765 bits per heavy atom. The molecule has 17 heavy (non-hydrogen) atoms. The van der Waals surface area contributed by atoms with Gasteiger partial charge in [0, 0.05) is 0 Å². The Labute approximate surface area is 216 Å². The summed E-state index contributed by atoms with van der Waals surface area (Å²) in [7, 11) is -17.9. The van der Waals surface area contributed by atoms with Gasteiger partial charge in [-0.15, -0.1) is 0 Å². The second-order valence-electron chi connectivity index (χ2n) is 1.50. The second kappa shape index (κ2) is 13.8. The molecule has 0 aliphatic rings. The average molecular weight is 413 g/mol. The van der Waals surface area contributed by atoms with Crippen LogP contribution in [0.1, 0.15) is 0 Å². The second-order valence-corrected chi connectivity index (χ2v) is 5.49. The Hall–Kier alpha value is 5.45. The third-order valence-electron chi connectivity index (χ3n) is 0.400. The van der Waals surface area contributed by atoms with Gasteiger partial charge in [0.2, 0.25) is 0 Å². The van der Waals surface area contributed by atoms with Crippen LogP contribution in [-0.4, -0.2) is 151 Å². The van der Waals surface area contributed by atoms with Gasteiger partial charge in [-0.05, 0) is 0 Å². The fourth-order valence-corrected chi connectivity index (χ4v) is 2.61. The molecule has 0 rings (SSSR count). The van der Waals surface area contributed by atoms with Crippen molar-refractivity contribution in [2.45, 2.75) is 0 Å². The van der Waals surface area contributed by atoms with Gasteiger partial charge in [0.15, 0.2) is 0 Å². The van der Waals surface area contributed by atoms with Crippen molar-refractivity contribution in [2.24, 2.45) is 0 Å². The fourth-order valence-electron chi connectivity index (χ4n) is 0.260. The standard InChI is InChI=1S/4Ca.H5O10P3/c;;;;1-11(2,3)9-13(7,8)10-12(4,5)6/h;;;;(H,7,8)(H2,1,2,3)(H2,4,5,6)/q4*+2;/p-5. The maximum Gasteiger partial charge on any atom is 2.00 e. The Kier molecular flexibility index (Phi) is 27.6. The monoisotopic (exact) mass is 413 g/mol. The number of hydrogen-bond acceptors (Lipinski definition) is 10. The third kappa shape index (κ3) is 26.6. The molecule has 0 aromatic heterocycles. The summed E-state index contributed by atoms with van der Waals surface area (Å²) >= 11 is 0. The molecular formula is Ca4O10P3+3. The van der Waals surface area contributed by atoms with Gasteiger partial charge in [-0.1, -0.05) is 0 Å². The Morgan fingerprint density at radius 1 is 0.588 bits per heavy atom. The van der Waals surface area contributed by atoms with Crippen molar-refractivity contribution < 1.29 is 46.8 Å². The van der Waals surface area contributed by atoms with E-state index in [0.29, 0.717) is 0 Å². The van der Waals surface area contributed by atoms with Crippen LogP contribution in [0.2, 0.25) is 0 Å². The first-order valence-electron chi connectivity index (χ1n) is 2.19. The van der Waals surface area contributed by atoms with Gasteiger partial charge in [-0.2, -0.15) is 0 Å². The van der Waals surface area contributed by atoms with Gasteiger partial charge in [-0.3, -0.25) is 13.2 Å². The summed E-state index contributed by atoms with van der Waals surface area (Å²) in [6, 6.07) is 0. The van der Waals surface area contributed by atoms with Gasteiger partial charge in [0.1, 0.15) is 0 Å². The van der Waals surface area contributed by atoms with Crippen LogP contribution in [0.15, 0.2) is 0 Å². The summed E-state index contributed by atoms with van der Waals surface area (Å²) in [4.78, 5) is 48.6. The molecule has 0 aromatic rings. The largest absolute Gasteiger partial charge is 2.00 e. The molecule has 80 valence electrons. The van der Waals surface area contributed by atoms with Crippen molar-refractivity contribution in [3.8, 4) is 0 Å². The maximum absolute atomic E-state index is 10.1. The zero-order valence-electron chi connectivity index (χ0n) is 8.25. The zero-order valence-corrected chi connectivity index (χ0v) is 19.8. The van der Waals surface area contributed by atoms with Crippen molar-refractivity contribution in [1.29, 1.82) is 0 Å². The van der Waals surface area contributed by atoms with Gasteiger partial charge < -0.3 is 33.6 Å². The summed E-state index contributed by atoms with van der Waals surface area (Å²) in [6.07, 6.45) is 0. The van der Waals surface area contributed by atoms with E-state index in [-0.39, 0.29) is 151 Å². The molecule has 0 aromatic carbocycles. The van der Waals surface area contributed by atoms with Crippen LogP contribution in [-0.2, 0) is 22.3 Å². The van der Waals surface area contributed by atoms with Crippen molar-refractivity contribution in [2.75, 3.05) is 0 Å². The molecule has 0 amide bonds. The van der Waals surface area contributed by atoms with Crippen LogP contribution in [0.4, 0.5) is 0 Å². The molecule has 0 heterocycles. The van der Waals surface area contributed by atoms with E-state index >= 15 is 0 Å². The molecule has 0 atom stereocenters. The normalized spacial score (nSPS) is 11.1. The summed E-state index contributed by atoms with van der Waals surface area (Å²) in [6.45, 7) is 0. The minimum Gasteiger partial charge on any atom is -0.790 e. The number of rotatable bonds is 4. The molecule has 0 fully saturated rings. The smallest absolute Gasteiger partial charge is 0.790 e. The first-order valence-corrected chi connectivity index (χ1v) is 6.57. The number of phosphoric acid groups is 3. The predicted molar refractivity (Wildman–Crippen MR) is 48.0 cm³/mol. The summed E-state index contributed by atoms with van der Waals surface area (Å²) in [5.74, 6) is 0. The van der Waals surface area contributed by atoms with Crippen LogP contribution in [0.5, 0.6) is 0 Å². The van der Waals surface area contributed by atoms with E-state index in [0.717, 1.165) is 0 Å². The summed E-state index contributed by atoms with van der Waals surface area (Å²) < 4.78 is 34.7. The minimum atomic E-state index is -5.97. The van der Waals surface area contributed by atoms with E-state index in [2.05, 4.69) is 8.62 Å². The first-order chi connectivity index (χ1) is 5.41. The van der Waals surface area contributed by atoms with Crippen molar-refractivity contribution in [3.63, 3.8) is 0 Å². The van der Waals surface area contributed by atoms with Crippen molar-refractivity contribution in [3.05, 3.63) is 0 Å². The van der Waals surface area contributed by atoms with E-state index in [4.69, 9.17) is 0 Å².